The summed E-state index contributed by atoms with van der Waals surface area (Å²) in [6.07, 6.45) is 1.82. The number of benzene rings is 2. The van der Waals surface area contributed by atoms with Gasteiger partial charge in [0.1, 0.15) is 12.4 Å². The highest BCUT2D eigenvalue weighted by Gasteiger charge is 2.08. The van der Waals surface area contributed by atoms with Crippen molar-refractivity contribution in [1.82, 2.24) is 4.98 Å². The largest absolute Gasteiger partial charge is 0.489 e. The van der Waals surface area contributed by atoms with E-state index in [9.17, 15) is 4.79 Å². The fourth-order valence-electron chi connectivity index (χ4n) is 2.44. The minimum atomic E-state index is -0.294. The molecule has 156 valence electrons. The number of hydrogen-bond acceptors (Lipinski definition) is 7. The summed E-state index contributed by atoms with van der Waals surface area (Å²) in [5, 5.41) is 7.71. The van der Waals surface area contributed by atoms with Gasteiger partial charge in [0, 0.05) is 21.0 Å². The summed E-state index contributed by atoms with van der Waals surface area (Å²) in [4.78, 5) is 15.8. The van der Waals surface area contributed by atoms with Crippen LogP contribution in [0.1, 0.15) is 23.7 Å². The van der Waals surface area contributed by atoms with Crippen molar-refractivity contribution in [2.24, 2.45) is 5.10 Å². The number of halogens is 2. The molecular weight excluding hydrogens is 445 g/mol. The summed E-state index contributed by atoms with van der Waals surface area (Å²) in [7, 11) is 0. The molecule has 1 aromatic heterocycles. The van der Waals surface area contributed by atoms with Crippen molar-refractivity contribution in [3.8, 4) is 5.75 Å². The standard InChI is InChI=1S/C21H19Cl2N3O3S/c1-2-28-20(27)10-15-13-30-21(25-15)26-24-11-14-6-8-16(9-7-14)29-12-17-18(22)4-3-5-19(17)23/h3-9,11,13H,2,10,12H2,1H3,(H,25,26). The zero-order valence-electron chi connectivity index (χ0n) is 16.1. The fourth-order valence-corrected chi connectivity index (χ4v) is 3.60. The lowest BCUT2D eigenvalue weighted by molar-refractivity contribution is -0.142. The first kappa shape index (κ1) is 22.1. The number of carbonyl (C=O) groups excluding carboxylic acids is 1. The van der Waals surface area contributed by atoms with Crippen LogP contribution >= 0.6 is 34.5 Å². The van der Waals surface area contributed by atoms with Crippen molar-refractivity contribution in [1.29, 1.82) is 0 Å². The van der Waals surface area contributed by atoms with Crippen molar-refractivity contribution in [3.05, 3.63) is 74.7 Å². The van der Waals surface area contributed by atoms with Gasteiger partial charge in [-0.25, -0.2) is 4.98 Å². The Labute approximate surface area is 188 Å². The lowest BCUT2D eigenvalue weighted by Gasteiger charge is -2.09. The lowest BCUT2D eigenvalue weighted by atomic mass is 10.2. The van der Waals surface area contributed by atoms with E-state index in [2.05, 4.69) is 15.5 Å². The van der Waals surface area contributed by atoms with Gasteiger partial charge in [0.05, 0.1) is 24.9 Å². The zero-order valence-corrected chi connectivity index (χ0v) is 18.4. The van der Waals surface area contributed by atoms with Crippen molar-refractivity contribution < 1.29 is 14.3 Å². The maximum Gasteiger partial charge on any atom is 0.311 e. The lowest BCUT2D eigenvalue weighted by Crippen LogP contribution is -2.07. The van der Waals surface area contributed by atoms with E-state index in [-0.39, 0.29) is 19.0 Å². The Balaban J connectivity index is 1.50. The van der Waals surface area contributed by atoms with Gasteiger partial charge in [0.25, 0.3) is 0 Å². The van der Waals surface area contributed by atoms with Gasteiger partial charge in [-0.05, 0) is 48.9 Å². The molecule has 9 heteroatoms. The normalized spacial score (nSPS) is 10.9. The van der Waals surface area contributed by atoms with E-state index in [4.69, 9.17) is 32.7 Å². The molecule has 0 aliphatic carbocycles. The van der Waals surface area contributed by atoms with E-state index in [0.717, 1.165) is 11.1 Å². The number of nitrogens with one attached hydrogen (secondary N) is 1. The minimum Gasteiger partial charge on any atom is -0.489 e. The number of esters is 1. The highest BCUT2D eigenvalue weighted by molar-refractivity contribution is 7.13. The number of carbonyl (C=O) groups is 1. The number of hydrogen-bond donors (Lipinski definition) is 1. The van der Waals surface area contributed by atoms with Crippen LogP contribution in [0.4, 0.5) is 5.13 Å². The van der Waals surface area contributed by atoms with Crippen molar-refractivity contribution in [3.63, 3.8) is 0 Å². The van der Waals surface area contributed by atoms with Gasteiger partial charge in [-0.15, -0.1) is 11.3 Å². The number of anilines is 1. The molecule has 0 spiro atoms. The van der Waals surface area contributed by atoms with E-state index in [1.165, 1.54) is 11.3 Å². The SMILES string of the molecule is CCOC(=O)Cc1csc(NN=Cc2ccc(OCc3c(Cl)cccc3Cl)cc2)n1. The molecule has 2 aromatic carbocycles. The molecule has 0 aliphatic rings. The summed E-state index contributed by atoms with van der Waals surface area (Å²) in [5.74, 6) is 0.400. The highest BCUT2D eigenvalue weighted by Crippen LogP contribution is 2.26. The molecule has 1 heterocycles. The van der Waals surface area contributed by atoms with E-state index >= 15 is 0 Å². The smallest absolute Gasteiger partial charge is 0.311 e. The number of thiazole rings is 1. The van der Waals surface area contributed by atoms with E-state index in [1.807, 2.05) is 24.3 Å². The van der Waals surface area contributed by atoms with Crippen LogP contribution in [0.2, 0.25) is 10.0 Å². The van der Waals surface area contributed by atoms with Crippen molar-refractivity contribution >= 4 is 51.9 Å². The molecule has 0 radical (unpaired) electrons. The van der Waals surface area contributed by atoms with Gasteiger partial charge in [-0.3, -0.25) is 10.2 Å². The first-order valence-electron chi connectivity index (χ1n) is 9.10. The predicted octanol–water partition coefficient (Wildman–Crippen LogP) is 5.58. The first-order valence-corrected chi connectivity index (χ1v) is 10.7. The first-order chi connectivity index (χ1) is 14.5. The number of aromatic nitrogens is 1. The quantitative estimate of drug-likeness (QED) is 0.254. The van der Waals surface area contributed by atoms with E-state index < -0.39 is 0 Å². The molecule has 0 atom stereocenters. The fraction of sp³-hybridized carbons (Fsp3) is 0.190. The summed E-state index contributed by atoms with van der Waals surface area (Å²) >= 11 is 13.7. The van der Waals surface area contributed by atoms with Crippen LogP contribution in [0.25, 0.3) is 0 Å². The second-order valence-corrected chi connectivity index (χ2v) is 7.73. The average Bonchev–Trinajstić information content (AvgIpc) is 3.16. The van der Waals surface area contributed by atoms with Gasteiger partial charge in [0.2, 0.25) is 5.13 Å². The molecule has 0 aliphatic heterocycles. The molecule has 0 saturated heterocycles. The Morgan fingerprint density at radius 1 is 1.20 bits per heavy atom. The third kappa shape index (κ3) is 6.45. The van der Waals surface area contributed by atoms with Crippen LogP contribution in [0.15, 0.2) is 52.9 Å². The topological polar surface area (TPSA) is 72.8 Å². The average molecular weight is 464 g/mol. The summed E-state index contributed by atoms with van der Waals surface area (Å²) < 4.78 is 10.7. The predicted molar refractivity (Wildman–Crippen MR) is 121 cm³/mol. The van der Waals surface area contributed by atoms with Crippen molar-refractivity contribution in [2.75, 3.05) is 12.0 Å². The zero-order chi connectivity index (χ0) is 21.3. The van der Waals surface area contributed by atoms with Crippen LogP contribution in [0, 0.1) is 0 Å². The van der Waals surface area contributed by atoms with E-state index in [1.54, 1.807) is 36.7 Å². The second kappa shape index (κ2) is 11.0. The van der Waals surface area contributed by atoms with Gasteiger partial charge in [0.15, 0.2) is 0 Å². The number of rotatable bonds is 9. The van der Waals surface area contributed by atoms with Crippen LogP contribution < -0.4 is 10.2 Å². The number of ether oxygens (including phenoxy) is 2. The molecule has 3 rings (SSSR count). The molecule has 30 heavy (non-hydrogen) atoms. The molecule has 0 saturated carbocycles. The molecule has 0 fully saturated rings. The Bertz CT molecular complexity index is 1000. The maximum atomic E-state index is 11.5. The number of nitrogens with zero attached hydrogens (tertiary/aromatic N) is 2. The molecule has 1 N–H and O–H groups in total. The van der Waals surface area contributed by atoms with Crippen LogP contribution in [-0.2, 0) is 22.6 Å². The summed E-state index contributed by atoms with van der Waals surface area (Å²) in [6, 6.07) is 12.8. The monoisotopic (exact) mass is 463 g/mol. The Hall–Kier alpha value is -2.61. The number of hydrazone groups is 1. The third-order valence-corrected chi connectivity index (χ3v) is 5.39. The molecule has 0 bridgehead atoms. The Morgan fingerprint density at radius 2 is 1.93 bits per heavy atom. The molecule has 6 nitrogen and oxygen atoms in total. The Kier molecular flexibility index (Phi) is 8.07. The molecule has 3 aromatic rings. The van der Waals surface area contributed by atoms with Gasteiger partial charge < -0.3 is 9.47 Å². The van der Waals surface area contributed by atoms with Crippen LogP contribution in [0.3, 0.4) is 0 Å². The van der Waals surface area contributed by atoms with Gasteiger partial charge in [-0.1, -0.05) is 29.3 Å². The minimum absolute atomic E-state index is 0.149. The molecule has 0 amide bonds. The molecule has 0 unspecified atom stereocenters. The maximum absolute atomic E-state index is 11.5. The van der Waals surface area contributed by atoms with Crippen LogP contribution in [0.5, 0.6) is 5.75 Å². The van der Waals surface area contributed by atoms with Gasteiger partial charge in [-0.2, -0.15) is 5.10 Å². The Morgan fingerprint density at radius 3 is 2.63 bits per heavy atom. The second-order valence-electron chi connectivity index (χ2n) is 6.05. The van der Waals surface area contributed by atoms with Crippen LogP contribution in [-0.4, -0.2) is 23.8 Å². The summed E-state index contributed by atoms with van der Waals surface area (Å²) in [5.41, 5.74) is 5.14. The van der Waals surface area contributed by atoms with Crippen molar-refractivity contribution in [2.45, 2.75) is 20.0 Å². The third-order valence-electron chi connectivity index (χ3n) is 3.88. The highest BCUT2D eigenvalue weighted by atomic mass is 35.5. The summed E-state index contributed by atoms with van der Waals surface area (Å²) in [6.45, 7) is 2.41. The van der Waals surface area contributed by atoms with E-state index in [0.29, 0.717) is 33.2 Å². The van der Waals surface area contributed by atoms with Gasteiger partial charge >= 0.3 is 5.97 Å². The molecular formula is C21H19Cl2N3O3S.